The number of nitrogens with one attached hydrogen (secondary N) is 1. The SMILES string of the molecule is CN(CC(=O)N[C@H]1CCCN(c2ccc(C(F)(F)F)cn2)C1)Cc1cccnc1. The number of pyridine rings is 2. The number of anilines is 1. The fraction of sp³-hybridized carbons (Fsp3) is 0.450. The fourth-order valence-electron chi connectivity index (χ4n) is 3.42. The first-order valence-electron chi connectivity index (χ1n) is 9.46. The van der Waals surface area contributed by atoms with Crippen molar-refractivity contribution in [3.8, 4) is 0 Å². The van der Waals surface area contributed by atoms with Gasteiger partial charge >= 0.3 is 6.18 Å². The molecule has 1 N–H and O–H groups in total. The Kier molecular flexibility index (Phi) is 6.68. The first-order chi connectivity index (χ1) is 13.8. The molecule has 1 atom stereocenters. The monoisotopic (exact) mass is 407 g/mol. The third kappa shape index (κ3) is 6.15. The second-order valence-electron chi connectivity index (χ2n) is 7.29. The fourth-order valence-corrected chi connectivity index (χ4v) is 3.42. The zero-order valence-corrected chi connectivity index (χ0v) is 16.2. The Morgan fingerprint density at radius 1 is 1.31 bits per heavy atom. The second-order valence-corrected chi connectivity index (χ2v) is 7.29. The normalized spacial score (nSPS) is 17.4. The van der Waals surface area contributed by atoms with Crippen LogP contribution in [-0.2, 0) is 17.5 Å². The molecule has 0 aliphatic carbocycles. The molecular formula is C20H24F3N5O. The van der Waals surface area contributed by atoms with Crippen LogP contribution in [0.15, 0.2) is 42.9 Å². The standard InChI is InChI=1S/C20H24F3N5O/c1-27(12-15-4-2-8-24-10-15)14-19(29)26-17-5-3-9-28(13-17)18-7-6-16(11-25-18)20(21,22)23/h2,4,6-8,10-11,17H,3,5,9,12-14H2,1H3,(H,26,29)/t17-/m0/s1. The number of hydrogen-bond donors (Lipinski definition) is 1. The highest BCUT2D eigenvalue weighted by Crippen LogP contribution is 2.29. The van der Waals surface area contributed by atoms with Crippen LogP contribution in [0.4, 0.5) is 19.0 Å². The molecule has 9 heteroatoms. The molecule has 0 bridgehead atoms. The number of likely N-dealkylation sites (N-methyl/N-ethyl adjacent to an activating group) is 1. The number of halogens is 3. The van der Waals surface area contributed by atoms with Crippen molar-refractivity contribution in [2.45, 2.75) is 31.6 Å². The minimum Gasteiger partial charge on any atom is -0.355 e. The summed E-state index contributed by atoms with van der Waals surface area (Å²) in [6.07, 6.45) is 1.59. The Morgan fingerprint density at radius 3 is 2.79 bits per heavy atom. The van der Waals surface area contributed by atoms with E-state index >= 15 is 0 Å². The first-order valence-corrected chi connectivity index (χ1v) is 9.46. The summed E-state index contributed by atoms with van der Waals surface area (Å²) in [4.78, 5) is 24.2. The molecule has 2 aromatic heterocycles. The highest BCUT2D eigenvalue weighted by Gasteiger charge is 2.31. The molecule has 0 radical (unpaired) electrons. The van der Waals surface area contributed by atoms with Gasteiger partial charge in [-0.1, -0.05) is 6.07 Å². The maximum absolute atomic E-state index is 12.7. The molecule has 1 aliphatic heterocycles. The lowest BCUT2D eigenvalue weighted by Crippen LogP contribution is -2.50. The van der Waals surface area contributed by atoms with Gasteiger partial charge < -0.3 is 10.2 Å². The van der Waals surface area contributed by atoms with Crippen molar-refractivity contribution in [3.05, 3.63) is 54.0 Å². The van der Waals surface area contributed by atoms with E-state index < -0.39 is 11.7 Å². The van der Waals surface area contributed by atoms with Crippen LogP contribution in [0.3, 0.4) is 0 Å². The molecule has 0 unspecified atom stereocenters. The Balaban J connectivity index is 1.50. The molecule has 0 aromatic carbocycles. The van der Waals surface area contributed by atoms with Gasteiger partial charge in [0.25, 0.3) is 0 Å². The van der Waals surface area contributed by atoms with Crippen molar-refractivity contribution in [1.82, 2.24) is 20.2 Å². The van der Waals surface area contributed by atoms with Gasteiger partial charge in [0, 0.05) is 44.3 Å². The number of amides is 1. The van der Waals surface area contributed by atoms with Crippen molar-refractivity contribution in [3.63, 3.8) is 0 Å². The molecule has 1 saturated heterocycles. The summed E-state index contributed by atoms with van der Waals surface area (Å²) in [6.45, 7) is 2.10. The maximum Gasteiger partial charge on any atom is 0.417 e. The van der Waals surface area contributed by atoms with Crippen LogP contribution in [0.25, 0.3) is 0 Å². The topological polar surface area (TPSA) is 61.4 Å². The lowest BCUT2D eigenvalue weighted by molar-refractivity contribution is -0.137. The number of nitrogens with zero attached hydrogens (tertiary/aromatic N) is 4. The van der Waals surface area contributed by atoms with E-state index in [0.29, 0.717) is 25.5 Å². The van der Waals surface area contributed by atoms with Gasteiger partial charge in [0.2, 0.25) is 5.91 Å². The number of hydrogen-bond acceptors (Lipinski definition) is 5. The molecule has 156 valence electrons. The Hall–Kier alpha value is -2.68. The van der Waals surface area contributed by atoms with Gasteiger partial charge in [-0.15, -0.1) is 0 Å². The van der Waals surface area contributed by atoms with E-state index in [1.165, 1.54) is 6.07 Å². The average Bonchev–Trinajstić information content (AvgIpc) is 2.68. The number of aromatic nitrogens is 2. The van der Waals surface area contributed by atoms with Crippen molar-refractivity contribution in [2.75, 3.05) is 31.6 Å². The quantitative estimate of drug-likeness (QED) is 0.798. The van der Waals surface area contributed by atoms with Crippen molar-refractivity contribution in [2.24, 2.45) is 0 Å². The lowest BCUT2D eigenvalue weighted by atomic mass is 10.1. The van der Waals surface area contributed by atoms with Gasteiger partial charge in [-0.05, 0) is 43.7 Å². The molecule has 0 spiro atoms. The Bertz CT molecular complexity index is 798. The maximum atomic E-state index is 12.7. The van der Waals surface area contributed by atoms with Gasteiger partial charge in [-0.25, -0.2) is 4.98 Å². The molecule has 6 nitrogen and oxygen atoms in total. The predicted octanol–water partition coefficient (Wildman–Crippen LogP) is 2.71. The largest absolute Gasteiger partial charge is 0.417 e. The predicted molar refractivity (Wildman–Crippen MR) is 103 cm³/mol. The van der Waals surface area contributed by atoms with Crippen LogP contribution in [0.2, 0.25) is 0 Å². The second kappa shape index (κ2) is 9.21. The molecule has 29 heavy (non-hydrogen) atoms. The smallest absolute Gasteiger partial charge is 0.355 e. The number of carbonyl (C=O) groups excluding carboxylic acids is 1. The third-order valence-corrected chi connectivity index (χ3v) is 4.77. The van der Waals surface area contributed by atoms with Gasteiger partial charge in [0.1, 0.15) is 5.82 Å². The van der Waals surface area contributed by atoms with Crippen LogP contribution in [0, 0.1) is 0 Å². The number of piperidine rings is 1. The first kappa shape index (κ1) is 21.0. The zero-order valence-electron chi connectivity index (χ0n) is 16.2. The van der Waals surface area contributed by atoms with Gasteiger partial charge in [-0.3, -0.25) is 14.7 Å². The highest BCUT2D eigenvalue weighted by atomic mass is 19.4. The van der Waals surface area contributed by atoms with E-state index in [1.807, 2.05) is 29.0 Å². The summed E-state index contributed by atoms with van der Waals surface area (Å²) in [5, 5.41) is 3.03. The number of alkyl halides is 3. The van der Waals surface area contributed by atoms with Gasteiger partial charge in [-0.2, -0.15) is 13.2 Å². The summed E-state index contributed by atoms with van der Waals surface area (Å²) in [5.74, 6) is 0.411. The lowest BCUT2D eigenvalue weighted by Gasteiger charge is -2.34. The van der Waals surface area contributed by atoms with Crippen LogP contribution < -0.4 is 10.2 Å². The Labute approximate surface area is 167 Å². The zero-order chi connectivity index (χ0) is 20.9. The average molecular weight is 407 g/mol. The molecule has 1 amide bonds. The van der Waals surface area contributed by atoms with Crippen molar-refractivity contribution in [1.29, 1.82) is 0 Å². The van der Waals surface area contributed by atoms with Crippen molar-refractivity contribution >= 4 is 11.7 Å². The molecule has 2 aromatic rings. The molecule has 0 saturated carbocycles. The minimum atomic E-state index is -4.40. The van der Waals surface area contributed by atoms with Gasteiger partial charge in [0.15, 0.2) is 0 Å². The molecular weight excluding hydrogens is 383 g/mol. The summed E-state index contributed by atoms with van der Waals surface area (Å²) in [7, 11) is 1.87. The molecule has 1 fully saturated rings. The summed E-state index contributed by atoms with van der Waals surface area (Å²) >= 11 is 0. The Morgan fingerprint density at radius 2 is 2.14 bits per heavy atom. The van der Waals surface area contributed by atoms with E-state index in [9.17, 15) is 18.0 Å². The van der Waals surface area contributed by atoms with E-state index in [-0.39, 0.29) is 18.5 Å². The highest BCUT2D eigenvalue weighted by molar-refractivity contribution is 5.78. The minimum absolute atomic E-state index is 0.0628. The molecule has 1 aliphatic rings. The van der Waals surface area contributed by atoms with Crippen LogP contribution in [0.5, 0.6) is 0 Å². The van der Waals surface area contributed by atoms with Gasteiger partial charge in [0.05, 0.1) is 12.1 Å². The number of rotatable bonds is 6. The summed E-state index contributed by atoms with van der Waals surface area (Å²) in [6, 6.07) is 6.17. The van der Waals surface area contributed by atoms with E-state index in [2.05, 4.69) is 15.3 Å². The van der Waals surface area contributed by atoms with Crippen LogP contribution in [-0.4, -0.2) is 53.5 Å². The van der Waals surface area contributed by atoms with Crippen molar-refractivity contribution < 1.29 is 18.0 Å². The van der Waals surface area contributed by atoms with Crippen LogP contribution in [0.1, 0.15) is 24.0 Å². The van der Waals surface area contributed by atoms with E-state index in [1.54, 1.807) is 12.4 Å². The molecule has 3 rings (SSSR count). The third-order valence-electron chi connectivity index (χ3n) is 4.77. The summed E-state index contributed by atoms with van der Waals surface area (Å²) in [5.41, 5.74) is 0.264. The summed E-state index contributed by atoms with van der Waals surface area (Å²) < 4.78 is 38.1. The number of carbonyl (C=O) groups is 1. The van der Waals surface area contributed by atoms with E-state index in [4.69, 9.17) is 0 Å². The van der Waals surface area contributed by atoms with Crippen LogP contribution >= 0.6 is 0 Å². The molecule has 3 heterocycles. The van der Waals surface area contributed by atoms with E-state index in [0.717, 1.165) is 30.7 Å².